The van der Waals surface area contributed by atoms with E-state index in [4.69, 9.17) is 4.74 Å². The second-order valence-electron chi connectivity index (χ2n) is 6.40. The number of ether oxygens (including phenoxy) is 1. The Morgan fingerprint density at radius 3 is 2.27 bits per heavy atom. The molecule has 4 rings (SSSR count). The number of carbonyl (C=O) groups excluding carboxylic acids is 1. The summed E-state index contributed by atoms with van der Waals surface area (Å²) in [5.41, 5.74) is 1.94. The number of hydrogen-bond acceptors (Lipinski definition) is 5. The molecular weight excluding hydrogens is 346 g/mol. The van der Waals surface area contributed by atoms with Crippen molar-refractivity contribution in [2.75, 3.05) is 50.8 Å². The third-order valence-corrected chi connectivity index (χ3v) is 5.80. The Balaban J connectivity index is 1.42. The molecular formula is C20H23N3O2S. The molecule has 0 unspecified atom stereocenters. The molecule has 136 valence electrons. The van der Waals surface area contributed by atoms with Gasteiger partial charge in [-0.25, -0.2) is 0 Å². The van der Waals surface area contributed by atoms with Crippen molar-refractivity contribution in [3.8, 4) is 0 Å². The van der Waals surface area contributed by atoms with Crippen LogP contribution in [0.1, 0.15) is 0 Å². The van der Waals surface area contributed by atoms with Crippen LogP contribution in [-0.2, 0) is 9.53 Å². The highest BCUT2D eigenvalue weighted by atomic mass is 32.2. The number of morpholine rings is 1. The van der Waals surface area contributed by atoms with Crippen LogP contribution in [0.15, 0.2) is 58.3 Å². The van der Waals surface area contributed by atoms with E-state index in [1.807, 2.05) is 41.3 Å². The summed E-state index contributed by atoms with van der Waals surface area (Å²) in [7, 11) is 0. The van der Waals surface area contributed by atoms with Gasteiger partial charge in [0.1, 0.15) is 0 Å². The van der Waals surface area contributed by atoms with E-state index in [9.17, 15) is 4.79 Å². The lowest BCUT2D eigenvalue weighted by Crippen LogP contribution is -2.42. The van der Waals surface area contributed by atoms with E-state index in [2.05, 4.69) is 22.3 Å². The maximum Gasteiger partial charge on any atom is 0.245 e. The summed E-state index contributed by atoms with van der Waals surface area (Å²) < 4.78 is 5.37. The topological polar surface area (TPSA) is 44.8 Å². The van der Waals surface area contributed by atoms with Gasteiger partial charge < -0.3 is 10.1 Å². The van der Waals surface area contributed by atoms with Gasteiger partial charge in [-0.3, -0.25) is 14.6 Å². The molecule has 0 atom stereocenters. The summed E-state index contributed by atoms with van der Waals surface area (Å²) in [4.78, 5) is 19.4. The predicted molar refractivity (Wildman–Crippen MR) is 104 cm³/mol. The average molecular weight is 369 g/mol. The van der Waals surface area contributed by atoms with E-state index in [0.29, 0.717) is 6.54 Å². The van der Waals surface area contributed by atoms with E-state index in [1.165, 1.54) is 0 Å². The first-order chi connectivity index (χ1) is 12.8. The normalized spacial score (nSPS) is 16.8. The molecule has 2 heterocycles. The van der Waals surface area contributed by atoms with Crippen LogP contribution >= 0.6 is 11.8 Å². The molecule has 1 amide bonds. The second kappa shape index (κ2) is 8.22. The molecule has 1 saturated heterocycles. The zero-order valence-corrected chi connectivity index (χ0v) is 15.5. The zero-order valence-electron chi connectivity index (χ0n) is 14.7. The van der Waals surface area contributed by atoms with E-state index >= 15 is 0 Å². The molecule has 5 nitrogen and oxygen atoms in total. The summed E-state index contributed by atoms with van der Waals surface area (Å²) in [6, 6.07) is 16.2. The number of carbonyl (C=O) groups is 1. The van der Waals surface area contributed by atoms with Crippen molar-refractivity contribution in [2.45, 2.75) is 9.79 Å². The molecule has 0 bridgehead atoms. The van der Waals surface area contributed by atoms with Crippen LogP contribution in [0.25, 0.3) is 0 Å². The second-order valence-corrected chi connectivity index (χ2v) is 7.48. The number of fused-ring (bicyclic) bond motifs is 2. The van der Waals surface area contributed by atoms with Crippen LogP contribution < -0.4 is 10.2 Å². The van der Waals surface area contributed by atoms with Gasteiger partial charge >= 0.3 is 0 Å². The third-order valence-electron chi connectivity index (χ3n) is 4.67. The van der Waals surface area contributed by atoms with Crippen LogP contribution in [0, 0.1) is 0 Å². The Morgan fingerprint density at radius 1 is 1.00 bits per heavy atom. The minimum atomic E-state index is 0.0761. The molecule has 2 aromatic carbocycles. The number of nitrogens with zero attached hydrogens (tertiary/aromatic N) is 2. The van der Waals surface area contributed by atoms with Crippen molar-refractivity contribution in [1.29, 1.82) is 0 Å². The number of benzene rings is 2. The molecule has 1 fully saturated rings. The van der Waals surface area contributed by atoms with Crippen molar-refractivity contribution >= 4 is 29.0 Å². The van der Waals surface area contributed by atoms with Gasteiger partial charge in [-0.1, -0.05) is 36.0 Å². The number of amides is 1. The number of anilines is 2. The van der Waals surface area contributed by atoms with Gasteiger partial charge in [-0.05, 0) is 24.3 Å². The summed E-state index contributed by atoms with van der Waals surface area (Å²) in [6.45, 7) is 5.63. The van der Waals surface area contributed by atoms with Gasteiger partial charge in [0, 0.05) is 36.0 Å². The quantitative estimate of drug-likeness (QED) is 0.821. The third kappa shape index (κ3) is 3.78. The summed E-state index contributed by atoms with van der Waals surface area (Å²) >= 11 is 1.72. The van der Waals surface area contributed by atoms with Crippen molar-refractivity contribution in [1.82, 2.24) is 10.2 Å². The highest BCUT2D eigenvalue weighted by molar-refractivity contribution is 7.99. The first-order valence-electron chi connectivity index (χ1n) is 9.02. The molecule has 2 aromatic rings. The minimum Gasteiger partial charge on any atom is -0.379 e. The smallest absolute Gasteiger partial charge is 0.245 e. The van der Waals surface area contributed by atoms with Crippen molar-refractivity contribution in [2.24, 2.45) is 0 Å². The molecule has 1 N–H and O–H groups in total. The fraction of sp³-hybridized carbons (Fsp3) is 0.350. The monoisotopic (exact) mass is 369 g/mol. The largest absolute Gasteiger partial charge is 0.379 e. The van der Waals surface area contributed by atoms with E-state index < -0.39 is 0 Å². The fourth-order valence-corrected chi connectivity index (χ4v) is 4.37. The lowest BCUT2D eigenvalue weighted by molar-refractivity contribution is -0.117. The van der Waals surface area contributed by atoms with Crippen molar-refractivity contribution in [3.05, 3.63) is 48.5 Å². The van der Waals surface area contributed by atoms with Gasteiger partial charge in [0.2, 0.25) is 5.91 Å². The molecule has 0 spiro atoms. The fourth-order valence-electron chi connectivity index (χ4n) is 3.31. The molecule has 0 radical (unpaired) electrons. The van der Waals surface area contributed by atoms with Gasteiger partial charge in [-0.2, -0.15) is 0 Å². The predicted octanol–water partition coefficient (Wildman–Crippen LogP) is 2.74. The number of hydrogen-bond donors (Lipinski definition) is 1. The molecule has 6 heteroatoms. The van der Waals surface area contributed by atoms with Crippen LogP contribution in [0.3, 0.4) is 0 Å². The Morgan fingerprint density at radius 2 is 1.62 bits per heavy atom. The highest BCUT2D eigenvalue weighted by Gasteiger charge is 2.27. The molecule has 26 heavy (non-hydrogen) atoms. The lowest BCUT2D eigenvalue weighted by Gasteiger charge is -2.31. The minimum absolute atomic E-state index is 0.0761. The van der Waals surface area contributed by atoms with E-state index in [-0.39, 0.29) is 5.91 Å². The van der Waals surface area contributed by atoms with Crippen molar-refractivity contribution in [3.63, 3.8) is 0 Å². The van der Waals surface area contributed by atoms with Gasteiger partial charge in [0.25, 0.3) is 0 Å². The lowest BCUT2D eigenvalue weighted by atomic mass is 10.2. The highest BCUT2D eigenvalue weighted by Crippen LogP contribution is 2.47. The first kappa shape index (κ1) is 17.5. The standard InChI is InChI=1S/C20H23N3O2S/c24-20(15-21-9-10-22-11-13-25-14-12-22)23-16-5-1-3-7-18(16)26-19-8-4-2-6-17(19)23/h1-8,21H,9-15H2. The van der Waals surface area contributed by atoms with E-state index in [1.54, 1.807) is 11.8 Å². The first-order valence-corrected chi connectivity index (χ1v) is 9.84. The number of nitrogens with one attached hydrogen (secondary N) is 1. The van der Waals surface area contributed by atoms with Gasteiger partial charge in [0.05, 0.1) is 31.1 Å². The van der Waals surface area contributed by atoms with Crippen LogP contribution in [0.2, 0.25) is 0 Å². The van der Waals surface area contributed by atoms with Crippen LogP contribution in [-0.4, -0.2) is 56.7 Å². The molecule has 0 aromatic heterocycles. The van der Waals surface area contributed by atoms with Gasteiger partial charge in [-0.15, -0.1) is 0 Å². The summed E-state index contributed by atoms with van der Waals surface area (Å²) in [5, 5.41) is 3.31. The summed E-state index contributed by atoms with van der Waals surface area (Å²) in [6.07, 6.45) is 0. The van der Waals surface area contributed by atoms with Gasteiger partial charge in [0.15, 0.2) is 0 Å². The Kier molecular flexibility index (Phi) is 5.55. The van der Waals surface area contributed by atoms with Crippen LogP contribution in [0.4, 0.5) is 11.4 Å². The molecule has 0 aliphatic carbocycles. The molecule has 0 saturated carbocycles. The Labute approximate surface area is 158 Å². The maximum absolute atomic E-state index is 13.0. The number of para-hydroxylation sites is 2. The molecule has 2 aliphatic rings. The summed E-state index contributed by atoms with van der Waals surface area (Å²) in [5.74, 6) is 0.0761. The zero-order chi connectivity index (χ0) is 17.8. The Hall–Kier alpha value is -1.86. The van der Waals surface area contributed by atoms with E-state index in [0.717, 1.165) is 60.6 Å². The molecule has 2 aliphatic heterocycles. The van der Waals surface area contributed by atoms with Crippen LogP contribution in [0.5, 0.6) is 0 Å². The SMILES string of the molecule is O=C(CNCCN1CCOCC1)N1c2ccccc2Sc2ccccc21. The average Bonchev–Trinajstić information content (AvgIpc) is 2.70. The Bertz CT molecular complexity index is 732. The number of rotatable bonds is 5. The van der Waals surface area contributed by atoms with Crippen molar-refractivity contribution < 1.29 is 9.53 Å². The maximum atomic E-state index is 13.0.